The molecule has 0 atom stereocenters. The van der Waals surface area contributed by atoms with Crippen LogP contribution in [0.1, 0.15) is 0 Å². The van der Waals surface area contributed by atoms with E-state index in [0.717, 1.165) is 27.3 Å². The van der Waals surface area contributed by atoms with E-state index in [1.807, 2.05) is 43.4 Å². The molecule has 4 aromatic rings. The highest BCUT2D eigenvalue weighted by molar-refractivity contribution is 6.08. The number of nitrogens with one attached hydrogen (secondary N) is 1. The van der Waals surface area contributed by atoms with Crippen LogP contribution in [-0.4, -0.2) is 9.91 Å². The summed E-state index contributed by atoms with van der Waals surface area (Å²) in [7, 11) is 1.98. The van der Waals surface area contributed by atoms with Gasteiger partial charge in [0.15, 0.2) is 0 Å². The van der Waals surface area contributed by atoms with Crippen molar-refractivity contribution in [3.63, 3.8) is 0 Å². The Hall–Kier alpha value is -2.95. The van der Waals surface area contributed by atoms with Crippen molar-refractivity contribution in [2.24, 2.45) is 7.05 Å². The standard InChI is InChI=1S/C16H11N3O2/c1-18-13-7-3-2-5-10(13)9-12-16(18)11-6-4-8-14(19(20)21)15(11)17-12/h2-9H,1H3/p+1. The first kappa shape index (κ1) is 11.8. The fourth-order valence-electron chi connectivity index (χ4n) is 3.02. The van der Waals surface area contributed by atoms with Gasteiger partial charge in [0.05, 0.1) is 10.3 Å². The van der Waals surface area contributed by atoms with Crippen LogP contribution in [0.4, 0.5) is 5.69 Å². The topological polar surface area (TPSA) is 62.8 Å². The molecule has 0 saturated heterocycles. The zero-order chi connectivity index (χ0) is 14.6. The molecular weight excluding hydrogens is 266 g/mol. The van der Waals surface area contributed by atoms with Crippen molar-refractivity contribution in [3.05, 3.63) is 58.6 Å². The molecule has 0 radical (unpaired) electrons. The maximum atomic E-state index is 11.2. The van der Waals surface area contributed by atoms with Gasteiger partial charge in [0.1, 0.15) is 18.1 Å². The second-order valence-electron chi connectivity index (χ2n) is 5.11. The van der Waals surface area contributed by atoms with Crippen LogP contribution in [-0.2, 0) is 7.05 Å². The Morgan fingerprint density at radius 2 is 1.95 bits per heavy atom. The number of aromatic amines is 1. The lowest BCUT2D eigenvalue weighted by Crippen LogP contribution is -2.29. The molecule has 2 aromatic heterocycles. The quantitative estimate of drug-likeness (QED) is 0.330. The minimum absolute atomic E-state index is 0.104. The highest BCUT2D eigenvalue weighted by Gasteiger charge is 2.22. The van der Waals surface area contributed by atoms with Crippen LogP contribution in [0.2, 0.25) is 0 Å². The number of nitrogens with zero attached hydrogens (tertiary/aromatic N) is 2. The lowest BCUT2D eigenvalue weighted by atomic mass is 10.1. The van der Waals surface area contributed by atoms with Crippen LogP contribution in [0.15, 0.2) is 48.5 Å². The summed E-state index contributed by atoms with van der Waals surface area (Å²) in [6.45, 7) is 0. The number of aryl methyl sites for hydroxylation is 1. The monoisotopic (exact) mass is 278 g/mol. The summed E-state index contributed by atoms with van der Waals surface area (Å²) in [4.78, 5) is 14.0. The Kier molecular flexibility index (Phi) is 2.27. The second kappa shape index (κ2) is 4.02. The largest absolute Gasteiger partial charge is 0.344 e. The molecule has 5 heteroatoms. The first-order chi connectivity index (χ1) is 10.2. The molecule has 2 heterocycles. The van der Waals surface area contributed by atoms with Crippen molar-refractivity contribution in [1.82, 2.24) is 4.98 Å². The normalized spacial score (nSPS) is 11.5. The molecule has 0 aliphatic carbocycles. The molecule has 0 spiro atoms. The van der Waals surface area contributed by atoms with Gasteiger partial charge in [-0.2, -0.15) is 4.57 Å². The summed E-state index contributed by atoms with van der Waals surface area (Å²) in [6, 6.07) is 15.3. The average Bonchev–Trinajstić information content (AvgIpc) is 2.85. The SMILES string of the molecule is C[n+]1c2ccccc2cc2[nH]c3c([N+](=O)[O-])cccc3c21. The Morgan fingerprint density at radius 3 is 2.76 bits per heavy atom. The summed E-state index contributed by atoms with van der Waals surface area (Å²) in [5, 5.41) is 13.2. The molecule has 5 nitrogen and oxygen atoms in total. The third-order valence-electron chi connectivity index (χ3n) is 3.94. The molecule has 0 saturated carbocycles. The van der Waals surface area contributed by atoms with Crippen molar-refractivity contribution >= 4 is 38.5 Å². The van der Waals surface area contributed by atoms with Gasteiger partial charge in [0.25, 0.3) is 5.69 Å². The van der Waals surface area contributed by atoms with Crippen LogP contribution in [0, 0.1) is 10.1 Å². The Bertz CT molecular complexity index is 1030. The van der Waals surface area contributed by atoms with Gasteiger partial charge < -0.3 is 4.98 Å². The number of nitro benzene ring substituents is 1. The lowest BCUT2D eigenvalue weighted by Gasteiger charge is -1.98. The van der Waals surface area contributed by atoms with Gasteiger partial charge in [-0.25, -0.2) is 0 Å². The number of rotatable bonds is 1. The van der Waals surface area contributed by atoms with E-state index in [9.17, 15) is 10.1 Å². The number of benzene rings is 2. The average molecular weight is 278 g/mol. The van der Waals surface area contributed by atoms with E-state index >= 15 is 0 Å². The van der Waals surface area contributed by atoms with Crippen molar-refractivity contribution in [2.45, 2.75) is 0 Å². The predicted octanol–water partition coefficient (Wildman–Crippen LogP) is 3.21. The Labute approximate surface area is 119 Å². The summed E-state index contributed by atoms with van der Waals surface area (Å²) < 4.78 is 2.08. The molecule has 0 unspecified atom stereocenters. The molecule has 102 valence electrons. The molecule has 1 N–H and O–H groups in total. The maximum Gasteiger partial charge on any atom is 0.293 e. The fraction of sp³-hybridized carbons (Fsp3) is 0.0625. The number of hydrogen-bond donors (Lipinski definition) is 1. The number of H-pyrrole nitrogens is 1. The van der Waals surface area contributed by atoms with E-state index in [-0.39, 0.29) is 10.6 Å². The second-order valence-corrected chi connectivity index (χ2v) is 5.11. The lowest BCUT2D eigenvalue weighted by molar-refractivity contribution is -0.616. The van der Waals surface area contributed by atoms with Gasteiger partial charge in [0.2, 0.25) is 11.0 Å². The number of para-hydroxylation sites is 2. The highest BCUT2D eigenvalue weighted by atomic mass is 16.6. The molecule has 21 heavy (non-hydrogen) atoms. The van der Waals surface area contributed by atoms with Crippen molar-refractivity contribution in [3.8, 4) is 0 Å². The summed E-state index contributed by atoms with van der Waals surface area (Å²) in [6.07, 6.45) is 0. The van der Waals surface area contributed by atoms with E-state index in [2.05, 4.69) is 9.55 Å². The smallest absolute Gasteiger partial charge is 0.293 e. The van der Waals surface area contributed by atoms with Gasteiger partial charge in [-0.15, -0.1) is 0 Å². The fourth-order valence-corrected chi connectivity index (χ4v) is 3.02. The van der Waals surface area contributed by atoms with E-state index < -0.39 is 0 Å². The van der Waals surface area contributed by atoms with Crippen molar-refractivity contribution in [2.75, 3.05) is 0 Å². The molecule has 0 amide bonds. The zero-order valence-electron chi connectivity index (χ0n) is 11.3. The zero-order valence-corrected chi connectivity index (χ0v) is 11.3. The summed E-state index contributed by atoms with van der Waals surface area (Å²) >= 11 is 0. The van der Waals surface area contributed by atoms with E-state index in [1.165, 1.54) is 6.07 Å². The maximum absolute atomic E-state index is 11.2. The van der Waals surface area contributed by atoms with Crippen molar-refractivity contribution in [1.29, 1.82) is 0 Å². The van der Waals surface area contributed by atoms with Gasteiger partial charge in [-0.1, -0.05) is 18.2 Å². The van der Waals surface area contributed by atoms with E-state index in [0.29, 0.717) is 5.52 Å². The number of aromatic nitrogens is 2. The number of non-ortho nitro benzene ring substituents is 1. The first-order valence-corrected chi connectivity index (χ1v) is 6.63. The van der Waals surface area contributed by atoms with Gasteiger partial charge in [0, 0.05) is 17.5 Å². The Morgan fingerprint density at radius 1 is 1.14 bits per heavy atom. The Balaban J connectivity index is 2.27. The van der Waals surface area contributed by atoms with Crippen LogP contribution in [0.25, 0.3) is 32.8 Å². The molecular formula is C16H12N3O2+. The van der Waals surface area contributed by atoms with E-state index in [1.54, 1.807) is 6.07 Å². The van der Waals surface area contributed by atoms with Crippen molar-refractivity contribution < 1.29 is 9.49 Å². The minimum Gasteiger partial charge on any atom is -0.344 e. The minimum atomic E-state index is -0.350. The first-order valence-electron chi connectivity index (χ1n) is 6.63. The highest BCUT2D eigenvalue weighted by Crippen LogP contribution is 2.30. The molecule has 2 aromatic carbocycles. The van der Waals surface area contributed by atoms with Gasteiger partial charge in [-0.05, 0) is 18.2 Å². The van der Waals surface area contributed by atoms with Crippen LogP contribution in [0.3, 0.4) is 0 Å². The third kappa shape index (κ3) is 1.54. The van der Waals surface area contributed by atoms with Crippen LogP contribution in [0.5, 0.6) is 0 Å². The molecule has 0 bridgehead atoms. The predicted molar refractivity (Wildman–Crippen MR) is 81.1 cm³/mol. The third-order valence-corrected chi connectivity index (χ3v) is 3.94. The summed E-state index contributed by atoms with van der Waals surface area (Å²) in [5.74, 6) is 0. The number of hydrogen-bond acceptors (Lipinski definition) is 2. The number of nitro groups is 1. The summed E-state index contributed by atoms with van der Waals surface area (Å²) in [5.41, 5.74) is 3.65. The molecule has 4 rings (SSSR count). The van der Waals surface area contributed by atoms with Gasteiger partial charge in [-0.3, -0.25) is 10.1 Å². The van der Waals surface area contributed by atoms with E-state index in [4.69, 9.17) is 0 Å². The van der Waals surface area contributed by atoms with Crippen LogP contribution >= 0.6 is 0 Å². The molecule has 0 aliphatic heterocycles. The van der Waals surface area contributed by atoms with Crippen LogP contribution < -0.4 is 4.57 Å². The number of pyridine rings is 1. The van der Waals surface area contributed by atoms with Gasteiger partial charge >= 0.3 is 0 Å². The number of fused-ring (bicyclic) bond motifs is 4. The molecule has 0 aliphatic rings. The molecule has 0 fully saturated rings.